The van der Waals surface area contributed by atoms with Crippen molar-refractivity contribution in [3.8, 4) is 0 Å². The first-order valence-corrected chi connectivity index (χ1v) is 6.65. The highest BCUT2D eigenvalue weighted by Gasteiger charge is 2.24. The summed E-state index contributed by atoms with van der Waals surface area (Å²) in [5.41, 5.74) is 4.29. The van der Waals surface area contributed by atoms with Crippen molar-refractivity contribution in [3.63, 3.8) is 0 Å². The molecule has 1 aromatic carbocycles. The fourth-order valence-corrected chi connectivity index (χ4v) is 2.64. The molecule has 4 N–H and O–H groups in total. The SMILES string of the molecule is NNC(=O)Cc1ccccc1CN1CCCC1CO. The summed E-state index contributed by atoms with van der Waals surface area (Å²) >= 11 is 0. The maximum atomic E-state index is 11.4. The summed E-state index contributed by atoms with van der Waals surface area (Å²) in [5, 5.41) is 9.34. The molecule has 0 aliphatic carbocycles. The molecule has 1 aliphatic heterocycles. The average molecular weight is 263 g/mol. The molecule has 19 heavy (non-hydrogen) atoms. The van der Waals surface area contributed by atoms with Gasteiger partial charge in [-0.15, -0.1) is 0 Å². The lowest BCUT2D eigenvalue weighted by Crippen LogP contribution is -2.33. The number of carbonyl (C=O) groups is 1. The second-order valence-electron chi connectivity index (χ2n) is 4.96. The van der Waals surface area contributed by atoms with Crippen LogP contribution in [0.15, 0.2) is 24.3 Å². The molecule has 1 aliphatic rings. The minimum absolute atomic E-state index is 0.187. The molecule has 0 radical (unpaired) electrons. The third-order valence-corrected chi connectivity index (χ3v) is 3.71. The molecule has 1 fully saturated rings. The lowest BCUT2D eigenvalue weighted by atomic mass is 10.0. The molecule has 5 heteroatoms. The van der Waals surface area contributed by atoms with Gasteiger partial charge < -0.3 is 5.11 Å². The van der Waals surface area contributed by atoms with Crippen molar-refractivity contribution < 1.29 is 9.90 Å². The van der Waals surface area contributed by atoms with Gasteiger partial charge in [0.05, 0.1) is 13.0 Å². The Morgan fingerprint density at radius 1 is 1.42 bits per heavy atom. The van der Waals surface area contributed by atoms with Gasteiger partial charge in [-0.2, -0.15) is 0 Å². The van der Waals surface area contributed by atoms with E-state index in [9.17, 15) is 9.90 Å². The maximum absolute atomic E-state index is 11.4. The van der Waals surface area contributed by atoms with Crippen molar-refractivity contribution in [1.82, 2.24) is 10.3 Å². The standard InChI is InChI=1S/C14H21N3O2/c15-16-14(19)8-11-4-1-2-5-12(11)9-17-7-3-6-13(17)10-18/h1-2,4-5,13,18H,3,6-10,15H2,(H,16,19). The van der Waals surface area contributed by atoms with Gasteiger partial charge in [0.15, 0.2) is 0 Å². The molecule has 1 atom stereocenters. The first-order chi connectivity index (χ1) is 9.24. The summed E-state index contributed by atoms with van der Waals surface area (Å²) in [6.07, 6.45) is 2.46. The summed E-state index contributed by atoms with van der Waals surface area (Å²) in [4.78, 5) is 13.7. The van der Waals surface area contributed by atoms with Crippen LogP contribution in [0.5, 0.6) is 0 Å². The highest BCUT2D eigenvalue weighted by molar-refractivity contribution is 5.78. The van der Waals surface area contributed by atoms with Crippen molar-refractivity contribution in [2.75, 3.05) is 13.2 Å². The van der Waals surface area contributed by atoms with E-state index < -0.39 is 0 Å². The van der Waals surface area contributed by atoms with Gasteiger partial charge in [0, 0.05) is 12.6 Å². The third-order valence-electron chi connectivity index (χ3n) is 3.71. The molecule has 0 saturated carbocycles. The van der Waals surface area contributed by atoms with Gasteiger partial charge in [-0.1, -0.05) is 24.3 Å². The van der Waals surface area contributed by atoms with Crippen LogP contribution in [-0.2, 0) is 17.8 Å². The molecule has 2 rings (SSSR count). The highest BCUT2D eigenvalue weighted by atomic mass is 16.3. The molecular weight excluding hydrogens is 242 g/mol. The lowest BCUT2D eigenvalue weighted by Gasteiger charge is -2.23. The van der Waals surface area contributed by atoms with Crippen molar-refractivity contribution in [2.45, 2.75) is 31.8 Å². The number of hydrazine groups is 1. The van der Waals surface area contributed by atoms with Crippen LogP contribution in [0.2, 0.25) is 0 Å². The Bertz CT molecular complexity index is 436. The number of amides is 1. The zero-order valence-electron chi connectivity index (χ0n) is 11.0. The first kappa shape index (κ1) is 14.0. The second kappa shape index (κ2) is 6.65. The monoisotopic (exact) mass is 263 g/mol. The molecule has 0 spiro atoms. The number of nitrogens with zero attached hydrogens (tertiary/aromatic N) is 1. The molecule has 104 valence electrons. The van der Waals surface area contributed by atoms with Gasteiger partial charge in [-0.25, -0.2) is 5.84 Å². The fraction of sp³-hybridized carbons (Fsp3) is 0.500. The van der Waals surface area contributed by atoms with Crippen LogP contribution in [0.25, 0.3) is 0 Å². The van der Waals surface area contributed by atoms with E-state index in [-0.39, 0.29) is 18.6 Å². The van der Waals surface area contributed by atoms with Gasteiger partial charge in [-0.05, 0) is 30.5 Å². The molecule has 5 nitrogen and oxygen atoms in total. The molecule has 1 heterocycles. The number of aliphatic hydroxyl groups excluding tert-OH is 1. The van der Waals surface area contributed by atoms with Gasteiger partial charge >= 0.3 is 0 Å². The van der Waals surface area contributed by atoms with Gasteiger partial charge in [0.25, 0.3) is 0 Å². The number of rotatable bonds is 5. The van der Waals surface area contributed by atoms with E-state index in [1.165, 1.54) is 0 Å². The predicted octanol–water partition coefficient (Wildman–Crippen LogP) is 0.176. The van der Waals surface area contributed by atoms with Crippen molar-refractivity contribution in [2.24, 2.45) is 5.84 Å². The zero-order chi connectivity index (χ0) is 13.7. The van der Waals surface area contributed by atoms with Crippen LogP contribution in [-0.4, -0.2) is 35.1 Å². The largest absolute Gasteiger partial charge is 0.395 e. The van der Waals surface area contributed by atoms with Crippen molar-refractivity contribution in [1.29, 1.82) is 0 Å². The first-order valence-electron chi connectivity index (χ1n) is 6.65. The smallest absolute Gasteiger partial charge is 0.238 e. The van der Waals surface area contributed by atoms with Crippen LogP contribution in [0.1, 0.15) is 24.0 Å². The number of benzene rings is 1. The Morgan fingerprint density at radius 2 is 2.16 bits per heavy atom. The Labute approximate surface area is 113 Å². The molecule has 1 unspecified atom stereocenters. The summed E-state index contributed by atoms with van der Waals surface area (Å²) < 4.78 is 0. The van der Waals surface area contributed by atoms with E-state index in [1.54, 1.807) is 0 Å². The van der Waals surface area contributed by atoms with Crippen LogP contribution >= 0.6 is 0 Å². The summed E-state index contributed by atoms with van der Waals surface area (Å²) in [7, 11) is 0. The number of aliphatic hydroxyl groups is 1. The maximum Gasteiger partial charge on any atom is 0.238 e. The molecule has 1 aromatic rings. The normalized spacial score (nSPS) is 19.6. The van der Waals surface area contributed by atoms with E-state index in [4.69, 9.17) is 5.84 Å². The molecule has 1 saturated heterocycles. The number of hydrogen-bond donors (Lipinski definition) is 3. The number of hydrogen-bond acceptors (Lipinski definition) is 4. The van der Waals surface area contributed by atoms with Crippen molar-refractivity contribution >= 4 is 5.91 Å². The Balaban J connectivity index is 2.09. The summed E-state index contributed by atoms with van der Waals surface area (Å²) in [6.45, 7) is 1.98. The van der Waals surface area contributed by atoms with Crippen LogP contribution in [0.3, 0.4) is 0 Å². The van der Waals surface area contributed by atoms with Crippen LogP contribution in [0, 0.1) is 0 Å². The van der Waals surface area contributed by atoms with E-state index in [0.29, 0.717) is 6.42 Å². The summed E-state index contributed by atoms with van der Waals surface area (Å²) in [6, 6.07) is 8.14. The molecule has 0 bridgehead atoms. The van der Waals surface area contributed by atoms with E-state index in [1.807, 2.05) is 24.3 Å². The van der Waals surface area contributed by atoms with Gasteiger partial charge in [0.1, 0.15) is 0 Å². The van der Waals surface area contributed by atoms with Crippen molar-refractivity contribution in [3.05, 3.63) is 35.4 Å². The Kier molecular flexibility index (Phi) is 4.90. The molecule has 0 aromatic heterocycles. The lowest BCUT2D eigenvalue weighted by molar-refractivity contribution is -0.120. The van der Waals surface area contributed by atoms with E-state index in [0.717, 1.165) is 37.1 Å². The minimum atomic E-state index is -0.187. The quantitative estimate of drug-likeness (QED) is 0.402. The number of carbonyl (C=O) groups excluding carboxylic acids is 1. The number of nitrogens with one attached hydrogen (secondary N) is 1. The fourth-order valence-electron chi connectivity index (χ4n) is 2.64. The zero-order valence-corrected chi connectivity index (χ0v) is 11.0. The predicted molar refractivity (Wildman–Crippen MR) is 73.0 cm³/mol. The number of nitrogens with two attached hydrogens (primary N) is 1. The topological polar surface area (TPSA) is 78.6 Å². The number of likely N-dealkylation sites (tertiary alicyclic amines) is 1. The molecule has 1 amide bonds. The summed E-state index contributed by atoms with van der Waals surface area (Å²) in [5.74, 6) is 4.95. The third kappa shape index (κ3) is 3.53. The van der Waals surface area contributed by atoms with Crippen LogP contribution < -0.4 is 11.3 Å². The van der Waals surface area contributed by atoms with Gasteiger partial charge in [-0.3, -0.25) is 15.1 Å². The van der Waals surface area contributed by atoms with Gasteiger partial charge in [0.2, 0.25) is 5.91 Å². The Morgan fingerprint density at radius 3 is 2.84 bits per heavy atom. The minimum Gasteiger partial charge on any atom is -0.395 e. The van der Waals surface area contributed by atoms with E-state index >= 15 is 0 Å². The molecular formula is C14H21N3O2. The average Bonchev–Trinajstić information content (AvgIpc) is 2.88. The van der Waals surface area contributed by atoms with Crippen LogP contribution in [0.4, 0.5) is 0 Å². The second-order valence-corrected chi connectivity index (χ2v) is 4.96. The van der Waals surface area contributed by atoms with E-state index in [2.05, 4.69) is 10.3 Å². The Hall–Kier alpha value is -1.43. The highest BCUT2D eigenvalue weighted by Crippen LogP contribution is 2.21.